The van der Waals surface area contributed by atoms with Gasteiger partial charge in [0.1, 0.15) is 5.75 Å². The molecular formula is C31H23F2O3S+. The third-order valence-corrected chi connectivity index (χ3v) is 9.03. The molecule has 37 heavy (non-hydrogen) atoms. The monoisotopic (exact) mass is 513 g/mol. The molecule has 5 aromatic rings. The number of carbonyl (C=O) groups excluding carboxylic acids is 1. The quantitative estimate of drug-likeness (QED) is 0.130. The van der Waals surface area contributed by atoms with Crippen LogP contribution in [0.25, 0.3) is 25.1 Å². The summed E-state index contributed by atoms with van der Waals surface area (Å²) < 4.78 is 41.4. The van der Waals surface area contributed by atoms with E-state index in [0.29, 0.717) is 24.2 Å². The van der Waals surface area contributed by atoms with E-state index >= 15 is 0 Å². The molecule has 1 aliphatic carbocycles. The molecule has 0 radical (unpaired) electrons. The number of benzene rings is 4. The zero-order valence-electron chi connectivity index (χ0n) is 19.8. The minimum absolute atomic E-state index is 0.208. The molecule has 1 heterocycles. The zero-order valence-corrected chi connectivity index (χ0v) is 20.6. The Morgan fingerprint density at radius 1 is 0.838 bits per heavy atom. The van der Waals surface area contributed by atoms with Crippen LogP contribution in [0, 0.1) is 11.6 Å². The Kier molecular flexibility index (Phi) is 5.97. The predicted molar refractivity (Wildman–Crippen MR) is 143 cm³/mol. The van der Waals surface area contributed by atoms with Gasteiger partial charge in [0, 0.05) is 38.9 Å². The molecule has 6 rings (SSSR count). The lowest BCUT2D eigenvalue weighted by Gasteiger charge is -2.28. The summed E-state index contributed by atoms with van der Waals surface area (Å²) in [7, 11) is -0.208. The van der Waals surface area contributed by atoms with Gasteiger partial charge in [-0.3, -0.25) is 0 Å². The Labute approximate surface area is 215 Å². The van der Waals surface area contributed by atoms with Gasteiger partial charge in [-0.05, 0) is 67.4 Å². The molecule has 1 aliphatic rings. The minimum Gasteiger partial charge on any atom is -0.482 e. The van der Waals surface area contributed by atoms with Crippen molar-refractivity contribution in [3.8, 4) is 10.6 Å². The Bertz CT molecular complexity index is 1600. The van der Waals surface area contributed by atoms with Crippen LogP contribution >= 0.6 is 10.5 Å². The summed E-state index contributed by atoms with van der Waals surface area (Å²) in [6.07, 6.45) is 4.73. The van der Waals surface area contributed by atoms with Crippen molar-refractivity contribution in [2.75, 3.05) is 6.61 Å². The molecule has 1 unspecified atom stereocenters. The second-order valence-electron chi connectivity index (χ2n) is 8.99. The standard InChI is InChI=1S/C31H23F2O3S/c32-26-16-11-21(19-27(26)33)31(17-5-6-18-31)36-30(34)20-35-22-12-14-23(15-13-22)37-28-9-3-1-7-24(28)25-8-2-4-10-29(25)37/h1-5,7-17,19H,6,18,20H2/q+1. The van der Waals surface area contributed by atoms with Crippen LogP contribution in [0.1, 0.15) is 18.4 Å². The summed E-state index contributed by atoms with van der Waals surface area (Å²) in [6, 6.07) is 28.3. The van der Waals surface area contributed by atoms with Crippen molar-refractivity contribution in [1.82, 2.24) is 0 Å². The van der Waals surface area contributed by atoms with E-state index in [1.807, 2.05) is 30.3 Å². The molecule has 1 atom stereocenters. The van der Waals surface area contributed by atoms with Crippen molar-refractivity contribution < 1.29 is 23.0 Å². The molecule has 3 nitrogen and oxygen atoms in total. The van der Waals surface area contributed by atoms with E-state index in [1.165, 1.54) is 31.1 Å². The third-order valence-electron chi connectivity index (χ3n) is 6.69. The number of thiophene rings is 1. The van der Waals surface area contributed by atoms with Gasteiger partial charge in [-0.25, -0.2) is 13.6 Å². The van der Waals surface area contributed by atoms with Gasteiger partial charge in [-0.15, -0.1) is 0 Å². The zero-order chi connectivity index (χ0) is 25.4. The van der Waals surface area contributed by atoms with Crippen LogP contribution in [0.4, 0.5) is 8.78 Å². The maximum atomic E-state index is 13.9. The first-order valence-corrected chi connectivity index (χ1v) is 13.3. The van der Waals surface area contributed by atoms with Crippen molar-refractivity contribution in [3.63, 3.8) is 0 Å². The number of carbonyl (C=O) groups is 1. The Morgan fingerprint density at radius 2 is 1.51 bits per heavy atom. The van der Waals surface area contributed by atoms with Crippen LogP contribution in [0.3, 0.4) is 0 Å². The first kappa shape index (κ1) is 23.4. The highest BCUT2D eigenvalue weighted by atomic mass is 32.2. The molecule has 0 spiro atoms. The number of ether oxygens (including phenoxy) is 2. The lowest BCUT2D eigenvalue weighted by Crippen LogP contribution is -2.31. The third kappa shape index (κ3) is 4.27. The highest BCUT2D eigenvalue weighted by Gasteiger charge is 2.37. The number of halogens is 2. The van der Waals surface area contributed by atoms with Crippen LogP contribution in [-0.4, -0.2) is 12.6 Å². The lowest BCUT2D eigenvalue weighted by atomic mass is 9.93. The van der Waals surface area contributed by atoms with E-state index in [4.69, 9.17) is 9.47 Å². The highest BCUT2D eigenvalue weighted by molar-refractivity contribution is 7.50. The van der Waals surface area contributed by atoms with Crippen molar-refractivity contribution >= 4 is 36.6 Å². The van der Waals surface area contributed by atoms with Crippen molar-refractivity contribution in [2.24, 2.45) is 0 Å². The smallest absolute Gasteiger partial charge is 0.345 e. The van der Waals surface area contributed by atoms with Crippen LogP contribution in [0.5, 0.6) is 5.75 Å². The van der Waals surface area contributed by atoms with E-state index in [2.05, 4.69) is 48.5 Å². The second kappa shape index (κ2) is 9.45. The number of fused-ring (bicyclic) bond motifs is 3. The maximum Gasteiger partial charge on any atom is 0.345 e. The largest absolute Gasteiger partial charge is 0.482 e. The minimum atomic E-state index is -1.12. The van der Waals surface area contributed by atoms with Gasteiger partial charge in [0.25, 0.3) is 0 Å². The first-order chi connectivity index (χ1) is 18.0. The molecule has 0 saturated carbocycles. The van der Waals surface area contributed by atoms with E-state index in [1.54, 1.807) is 6.08 Å². The first-order valence-electron chi connectivity index (χ1n) is 12.0. The van der Waals surface area contributed by atoms with Crippen LogP contribution in [-0.2, 0) is 15.1 Å². The molecule has 0 fully saturated rings. The molecule has 4 aromatic carbocycles. The molecule has 184 valence electrons. The fourth-order valence-electron chi connectivity index (χ4n) is 4.95. The Balaban J connectivity index is 1.19. The number of allylic oxidation sites excluding steroid dienone is 1. The highest BCUT2D eigenvalue weighted by Crippen LogP contribution is 2.48. The summed E-state index contributed by atoms with van der Waals surface area (Å²) in [5.74, 6) is -1.95. The molecular weight excluding hydrogens is 490 g/mol. The Hall–Kier alpha value is -4.03. The second-order valence-corrected chi connectivity index (χ2v) is 11.0. The van der Waals surface area contributed by atoms with Gasteiger partial charge in [0.05, 0.1) is 0 Å². The lowest BCUT2D eigenvalue weighted by molar-refractivity contribution is -0.158. The molecule has 0 N–H and O–H groups in total. The molecule has 0 saturated heterocycles. The summed E-state index contributed by atoms with van der Waals surface area (Å²) in [5, 5.41) is 2.53. The summed E-state index contributed by atoms with van der Waals surface area (Å²) in [6.45, 7) is -0.296. The van der Waals surface area contributed by atoms with Gasteiger partial charge >= 0.3 is 5.97 Å². The van der Waals surface area contributed by atoms with E-state index in [9.17, 15) is 13.6 Å². The summed E-state index contributed by atoms with van der Waals surface area (Å²) in [4.78, 5) is 13.9. The number of rotatable bonds is 6. The van der Waals surface area contributed by atoms with E-state index in [0.717, 1.165) is 12.1 Å². The van der Waals surface area contributed by atoms with Gasteiger partial charge in [0.15, 0.2) is 38.1 Å². The fraction of sp³-hybridized carbons (Fsp3) is 0.129. The molecule has 1 aromatic heterocycles. The van der Waals surface area contributed by atoms with Gasteiger partial charge < -0.3 is 9.47 Å². The molecule has 0 bridgehead atoms. The number of hydrogen-bond donors (Lipinski definition) is 0. The van der Waals surface area contributed by atoms with E-state index < -0.39 is 23.2 Å². The Morgan fingerprint density at radius 3 is 2.14 bits per heavy atom. The number of hydrogen-bond acceptors (Lipinski definition) is 3. The summed E-state index contributed by atoms with van der Waals surface area (Å²) in [5.41, 5.74) is -0.723. The fourth-order valence-corrected chi connectivity index (χ4v) is 7.33. The predicted octanol–water partition coefficient (Wildman–Crippen LogP) is 8.18. The van der Waals surface area contributed by atoms with Gasteiger partial charge in [0.2, 0.25) is 0 Å². The molecule has 0 aliphatic heterocycles. The summed E-state index contributed by atoms with van der Waals surface area (Å²) >= 11 is 0. The topological polar surface area (TPSA) is 35.5 Å². The van der Waals surface area contributed by atoms with Crippen molar-refractivity contribution in [1.29, 1.82) is 0 Å². The molecule has 0 amide bonds. The average Bonchev–Trinajstić information content (AvgIpc) is 3.53. The van der Waals surface area contributed by atoms with Gasteiger partial charge in [-0.2, -0.15) is 0 Å². The van der Waals surface area contributed by atoms with Gasteiger partial charge in [-0.1, -0.05) is 36.4 Å². The van der Waals surface area contributed by atoms with Crippen LogP contribution in [0.2, 0.25) is 0 Å². The van der Waals surface area contributed by atoms with E-state index in [-0.39, 0.29) is 17.1 Å². The van der Waals surface area contributed by atoms with Crippen LogP contribution in [0.15, 0.2) is 103 Å². The van der Waals surface area contributed by atoms with Crippen molar-refractivity contribution in [2.45, 2.75) is 18.4 Å². The molecule has 6 heteroatoms. The SMILES string of the molecule is O=C(COc1ccc(-[s+]2c3ccccc3c3ccccc32)cc1)OC1(c2ccc(F)c(F)c2)C=CCC1. The normalized spacial score (nSPS) is 16.9. The van der Waals surface area contributed by atoms with Crippen LogP contribution < -0.4 is 4.74 Å². The number of esters is 1. The maximum absolute atomic E-state index is 13.9. The average molecular weight is 514 g/mol. The van der Waals surface area contributed by atoms with Crippen molar-refractivity contribution in [3.05, 3.63) is 120 Å².